The van der Waals surface area contributed by atoms with Crippen molar-refractivity contribution < 1.29 is 12.8 Å². The second-order valence-corrected chi connectivity index (χ2v) is 5.02. The number of benzene rings is 1. The van der Waals surface area contributed by atoms with Crippen LogP contribution in [0.5, 0.6) is 0 Å². The third-order valence-electron chi connectivity index (χ3n) is 1.72. The smallest absolute Gasteiger partial charge is 0.172 e. The topological polar surface area (TPSA) is 57.9 Å². The van der Waals surface area contributed by atoms with Crippen LogP contribution in [0.25, 0.3) is 0 Å². The molecule has 0 fully saturated rings. The highest BCUT2D eigenvalue weighted by molar-refractivity contribution is 7.91. The van der Waals surface area contributed by atoms with E-state index in [2.05, 4.69) is 0 Å². The molecule has 1 aromatic rings. The molecule has 0 aliphatic rings. The molecular weight excluding hydrogens is 205 g/mol. The van der Waals surface area contributed by atoms with Gasteiger partial charge in [0.2, 0.25) is 0 Å². The first-order valence-corrected chi connectivity index (χ1v) is 5.74. The summed E-state index contributed by atoms with van der Waals surface area (Å²) in [4.78, 5) is 0. The summed E-state index contributed by atoms with van der Waals surface area (Å²) < 4.78 is 34.8. The summed E-state index contributed by atoms with van der Waals surface area (Å²) >= 11 is 0. The minimum atomic E-state index is -3.46. The van der Waals surface area contributed by atoms with Crippen LogP contribution >= 0.6 is 0 Å². The summed E-state index contributed by atoms with van der Waals surface area (Å²) in [5.41, 5.74) is 0.288. The van der Waals surface area contributed by atoms with Gasteiger partial charge in [-0.2, -0.15) is 5.26 Å². The molecule has 0 amide bonds. The second kappa shape index (κ2) is 3.76. The Kier molecular flexibility index (Phi) is 2.87. The fourth-order valence-corrected chi connectivity index (χ4v) is 1.90. The van der Waals surface area contributed by atoms with Crippen molar-refractivity contribution in [3.8, 4) is 6.07 Å². The Morgan fingerprint density at radius 1 is 1.36 bits per heavy atom. The van der Waals surface area contributed by atoms with Gasteiger partial charge in [0, 0.05) is 6.26 Å². The first-order valence-electron chi connectivity index (χ1n) is 3.79. The van der Waals surface area contributed by atoms with Gasteiger partial charge in [-0.3, -0.25) is 0 Å². The van der Waals surface area contributed by atoms with Crippen LogP contribution in [0.3, 0.4) is 0 Å². The van der Waals surface area contributed by atoms with Crippen molar-refractivity contribution in [2.24, 2.45) is 0 Å². The van der Waals surface area contributed by atoms with Gasteiger partial charge in [-0.1, -0.05) is 12.1 Å². The van der Waals surface area contributed by atoms with Crippen molar-refractivity contribution in [2.75, 3.05) is 6.26 Å². The molecule has 0 bridgehead atoms. The van der Waals surface area contributed by atoms with Gasteiger partial charge in [0.15, 0.2) is 15.1 Å². The molecule has 3 nitrogen and oxygen atoms in total. The summed E-state index contributed by atoms with van der Waals surface area (Å²) in [5.74, 6) is -0.459. The molecule has 0 N–H and O–H groups in total. The van der Waals surface area contributed by atoms with E-state index in [4.69, 9.17) is 5.26 Å². The molecule has 0 aliphatic heterocycles. The Morgan fingerprint density at radius 2 is 1.86 bits per heavy atom. The highest BCUT2D eigenvalue weighted by Gasteiger charge is 2.21. The summed E-state index contributed by atoms with van der Waals surface area (Å²) in [6.45, 7) is 0. The molecule has 0 saturated carbocycles. The molecule has 0 radical (unpaired) electrons. The first-order chi connectivity index (χ1) is 6.45. The molecular formula is C9H8FNO2S. The summed E-state index contributed by atoms with van der Waals surface area (Å²) in [6.07, 6.45) is 0.976. The van der Waals surface area contributed by atoms with Crippen LogP contribution < -0.4 is 0 Å². The van der Waals surface area contributed by atoms with Gasteiger partial charge in [-0.05, 0) is 17.7 Å². The SMILES string of the molecule is CS(=O)(=O)C(C#N)c1ccc(F)cc1. The predicted octanol–water partition coefficient (Wildman–Crippen LogP) is 1.43. The van der Waals surface area contributed by atoms with E-state index in [1.165, 1.54) is 12.1 Å². The van der Waals surface area contributed by atoms with E-state index >= 15 is 0 Å². The Hall–Kier alpha value is -1.41. The van der Waals surface area contributed by atoms with Crippen molar-refractivity contribution >= 4 is 9.84 Å². The van der Waals surface area contributed by atoms with Gasteiger partial charge in [0.1, 0.15) is 5.82 Å². The fourth-order valence-electron chi connectivity index (χ4n) is 1.06. The number of rotatable bonds is 2. The molecule has 0 aliphatic carbocycles. The van der Waals surface area contributed by atoms with Crippen LogP contribution in [-0.4, -0.2) is 14.7 Å². The van der Waals surface area contributed by atoms with E-state index in [0.717, 1.165) is 18.4 Å². The zero-order chi connectivity index (χ0) is 10.8. The largest absolute Gasteiger partial charge is 0.227 e. The maximum Gasteiger partial charge on any atom is 0.172 e. The van der Waals surface area contributed by atoms with Crippen LogP contribution in [0, 0.1) is 17.1 Å². The number of sulfone groups is 1. The van der Waals surface area contributed by atoms with Gasteiger partial charge in [-0.15, -0.1) is 0 Å². The summed E-state index contributed by atoms with van der Waals surface area (Å²) in [5, 5.41) is 7.44. The van der Waals surface area contributed by atoms with E-state index in [9.17, 15) is 12.8 Å². The average molecular weight is 213 g/mol. The average Bonchev–Trinajstić information content (AvgIpc) is 2.07. The van der Waals surface area contributed by atoms with E-state index in [-0.39, 0.29) is 5.56 Å². The Balaban J connectivity index is 3.17. The maximum absolute atomic E-state index is 12.5. The highest BCUT2D eigenvalue weighted by atomic mass is 32.2. The lowest BCUT2D eigenvalue weighted by Crippen LogP contribution is -2.09. The minimum Gasteiger partial charge on any atom is -0.227 e. The zero-order valence-electron chi connectivity index (χ0n) is 7.44. The molecule has 1 rings (SSSR count). The van der Waals surface area contributed by atoms with E-state index in [1.807, 2.05) is 0 Å². The molecule has 0 saturated heterocycles. The molecule has 74 valence electrons. The lowest BCUT2D eigenvalue weighted by Gasteiger charge is -2.06. The van der Waals surface area contributed by atoms with Crippen molar-refractivity contribution in [1.29, 1.82) is 5.26 Å². The fraction of sp³-hybridized carbons (Fsp3) is 0.222. The number of hydrogen-bond donors (Lipinski definition) is 0. The van der Waals surface area contributed by atoms with E-state index < -0.39 is 20.9 Å². The molecule has 0 spiro atoms. The third-order valence-corrected chi connectivity index (χ3v) is 2.95. The molecule has 0 heterocycles. The van der Waals surface area contributed by atoms with Gasteiger partial charge in [-0.25, -0.2) is 12.8 Å². The highest BCUT2D eigenvalue weighted by Crippen LogP contribution is 2.20. The Labute approximate surface area is 81.7 Å². The van der Waals surface area contributed by atoms with Crippen LogP contribution in [0.1, 0.15) is 10.8 Å². The monoisotopic (exact) mass is 213 g/mol. The van der Waals surface area contributed by atoms with Crippen molar-refractivity contribution in [3.05, 3.63) is 35.6 Å². The lowest BCUT2D eigenvalue weighted by molar-refractivity contribution is 0.596. The molecule has 14 heavy (non-hydrogen) atoms. The van der Waals surface area contributed by atoms with Gasteiger partial charge in [0.25, 0.3) is 0 Å². The van der Waals surface area contributed by atoms with Gasteiger partial charge < -0.3 is 0 Å². The number of nitriles is 1. The summed E-state index contributed by atoms with van der Waals surface area (Å²) in [6, 6.07) is 6.52. The summed E-state index contributed by atoms with van der Waals surface area (Å²) in [7, 11) is -3.46. The first kappa shape index (κ1) is 10.7. The molecule has 5 heteroatoms. The van der Waals surface area contributed by atoms with Gasteiger partial charge in [0.05, 0.1) is 6.07 Å². The van der Waals surface area contributed by atoms with Gasteiger partial charge >= 0.3 is 0 Å². The van der Waals surface area contributed by atoms with Crippen LogP contribution in [0.15, 0.2) is 24.3 Å². The lowest BCUT2D eigenvalue weighted by atomic mass is 10.2. The number of halogens is 1. The third kappa shape index (κ3) is 2.30. The standard InChI is InChI=1S/C9H8FNO2S/c1-14(12,13)9(6-11)7-2-4-8(10)5-3-7/h2-5,9H,1H3. The van der Waals surface area contributed by atoms with Crippen molar-refractivity contribution in [1.82, 2.24) is 0 Å². The quantitative estimate of drug-likeness (QED) is 0.746. The van der Waals surface area contributed by atoms with Crippen LogP contribution in [-0.2, 0) is 9.84 Å². The van der Waals surface area contributed by atoms with Crippen LogP contribution in [0.4, 0.5) is 4.39 Å². The van der Waals surface area contributed by atoms with E-state index in [1.54, 1.807) is 6.07 Å². The molecule has 1 aromatic carbocycles. The van der Waals surface area contributed by atoms with Crippen LogP contribution in [0.2, 0.25) is 0 Å². The Bertz CT molecular complexity index is 459. The molecule has 1 atom stereocenters. The second-order valence-electron chi connectivity index (χ2n) is 2.89. The zero-order valence-corrected chi connectivity index (χ0v) is 8.25. The predicted molar refractivity (Wildman–Crippen MR) is 49.6 cm³/mol. The number of hydrogen-bond acceptors (Lipinski definition) is 3. The van der Waals surface area contributed by atoms with Crippen molar-refractivity contribution in [2.45, 2.75) is 5.25 Å². The minimum absolute atomic E-state index is 0.288. The number of nitrogens with zero attached hydrogens (tertiary/aromatic N) is 1. The van der Waals surface area contributed by atoms with E-state index in [0.29, 0.717) is 0 Å². The normalized spacial score (nSPS) is 13.2. The maximum atomic E-state index is 12.5. The molecule has 1 unspecified atom stereocenters. The Morgan fingerprint density at radius 3 is 2.21 bits per heavy atom. The molecule has 0 aromatic heterocycles. The van der Waals surface area contributed by atoms with Crippen molar-refractivity contribution in [3.63, 3.8) is 0 Å².